The van der Waals surface area contributed by atoms with E-state index in [-0.39, 0.29) is 5.41 Å². The van der Waals surface area contributed by atoms with Crippen molar-refractivity contribution in [1.82, 2.24) is 4.90 Å². The van der Waals surface area contributed by atoms with Gasteiger partial charge in [0.25, 0.3) is 0 Å². The summed E-state index contributed by atoms with van der Waals surface area (Å²) in [6.07, 6.45) is 0. The molecular weight excluding hydrogens is 297 g/mol. The molecule has 1 aromatic carbocycles. The zero-order valence-corrected chi connectivity index (χ0v) is 13.5. The summed E-state index contributed by atoms with van der Waals surface area (Å²) in [4.78, 5) is 2.40. The van der Waals surface area contributed by atoms with E-state index in [0.717, 1.165) is 32.8 Å². The molecule has 0 saturated carbocycles. The lowest BCUT2D eigenvalue weighted by Gasteiger charge is -2.43. The Labute approximate surface area is 130 Å². The third kappa shape index (κ3) is 3.79. The van der Waals surface area contributed by atoms with Gasteiger partial charge >= 0.3 is 0 Å². The van der Waals surface area contributed by atoms with Gasteiger partial charge in [0.1, 0.15) is 5.75 Å². The number of hydrogen-bond acceptors (Lipinski definition) is 3. The van der Waals surface area contributed by atoms with E-state index < -0.39 is 0 Å². The Balaban J connectivity index is 1.96. The van der Waals surface area contributed by atoms with Crippen LogP contribution in [0.25, 0.3) is 0 Å². The van der Waals surface area contributed by atoms with Crippen LogP contribution in [0.4, 0.5) is 0 Å². The molecule has 1 aliphatic rings. The Morgan fingerprint density at radius 1 is 1.25 bits per heavy atom. The van der Waals surface area contributed by atoms with Crippen LogP contribution in [0.3, 0.4) is 0 Å². The van der Waals surface area contributed by atoms with Gasteiger partial charge in [-0.25, -0.2) is 0 Å². The molecule has 1 saturated heterocycles. The standard InChI is InChI=1S/C15H21Cl2NO2/c1-3-18(4-2)8-15(9-19-10-15)11-20-14-6-5-12(16)7-13(14)17/h5-7H,3-4,8-11H2,1-2H3. The van der Waals surface area contributed by atoms with Crippen LogP contribution in [0.15, 0.2) is 18.2 Å². The number of benzene rings is 1. The average Bonchev–Trinajstić information content (AvgIpc) is 2.39. The number of ether oxygens (including phenoxy) is 2. The fraction of sp³-hybridized carbons (Fsp3) is 0.600. The molecule has 1 aliphatic heterocycles. The van der Waals surface area contributed by atoms with Crippen molar-refractivity contribution in [3.05, 3.63) is 28.2 Å². The average molecular weight is 318 g/mol. The molecule has 1 fully saturated rings. The van der Waals surface area contributed by atoms with Gasteiger partial charge in [-0.15, -0.1) is 0 Å². The Morgan fingerprint density at radius 3 is 2.45 bits per heavy atom. The van der Waals surface area contributed by atoms with Gasteiger partial charge in [0.05, 0.1) is 30.3 Å². The predicted octanol–water partition coefficient (Wildman–Crippen LogP) is 3.73. The number of halogens is 2. The minimum absolute atomic E-state index is 0.0784. The molecule has 20 heavy (non-hydrogen) atoms. The molecule has 0 aromatic heterocycles. The SMILES string of the molecule is CCN(CC)CC1(COc2ccc(Cl)cc2Cl)COC1. The van der Waals surface area contributed by atoms with E-state index in [1.54, 1.807) is 12.1 Å². The molecule has 0 spiro atoms. The van der Waals surface area contributed by atoms with E-state index in [9.17, 15) is 0 Å². The molecule has 0 radical (unpaired) electrons. The second-order valence-corrected chi connectivity index (χ2v) is 6.16. The molecule has 0 aliphatic carbocycles. The highest BCUT2D eigenvalue weighted by Gasteiger charge is 2.40. The lowest BCUT2D eigenvalue weighted by Crippen LogP contribution is -2.54. The van der Waals surface area contributed by atoms with Crippen molar-refractivity contribution in [3.8, 4) is 5.75 Å². The maximum atomic E-state index is 6.13. The highest BCUT2D eigenvalue weighted by molar-refractivity contribution is 6.35. The molecule has 1 aromatic rings. The summed E-state index contributed by atoms with van der Waals surface area (Å²) in [5.74, 6) is 0.682. The first-order chi connectivity index (χ1) is 9.58. The van der Waals surface area contributed by atoms with E-state index in [1.165, 1.54) is 0 Å². The lowest BCUT2D eigenvalue weighted by molar-refractivity contribution is -0.143. The van der Waals surface area contributed by atoms with Crippen LogP contribution < -0.4 is 4.74 Å². The quantitative estimate of drug-likeness (QED) is 0.764. The Kier molecular flexibility index (Phi) is 5.56. The molecule has 5 heteroatoms. The monoisotopic (exact) mass is 317 g/mol. The maximum Gasteiger partial charge on any atom is 0.138 e. The van der Waals surface area contributed by atoms with Crippen LogP contribution in [0, 0.1) is 5.41 Å². The van der Waals surface area contributed by atoms with Crippen molar-refractivity contribution in [1.29, 1.82) is 0 Å². The van der Waals surface area contributed by atoms with Crippen molar-refractivity contribution in [2.24, 2.45) is 5.41 Å². The van der Waals surface area contributed by atoms with Crippen LogP contribution in [0.5, 0.6) is 5.75 Å². The van der Waals surface area contributed by atoms with E-state index in [4.69, 9.17) is 32.7 Å². The molecule has 0 atom stereocenters. The normalized spacial score (nSPS) is 17.1. The molecule has 1 heterocycles. The van der Waals surface area contributed by atoms with Gasteiger partial charge in [0, 0.05) is 11.6 Å². The summed E-state index contributed by atoms with van der Waals surface area (Å²) < 4.78 is 11.3. The molecule has 2 rings (SSSR count). The zero-order valence-electron chi connectivity index (χ0n) is 12.0. The van der Waals surface area contributed by atoms with Crippen LogP contribution in [0.1, 0.15) is 13.8 Å². The number of rotatable bonds is 7. The molecule has 0 unspecified atom stereocenters. The van der Waals surface area contributed by atoms with Gasteiger partial charge in [-0.1, -0.05) is 37.0 Å². The van der Waals surface area contributed by atoms with Gasteiger partial charge in [-0.05, 0) is 31.3 Å². The predicted molar refractivity (Wildman–Crippen MR) is 83.0 cm³/mol. The second-order valence-electron chi connectivity index (χ2n) is 5.32. The number of hydrogen-bond donors (Lipinski definition) is 0. The largest absolute Gasteiger partial charge is 0.491 e. The van der Waals surface area contributed by atoms with Crippen LogP contribution in [0.2, 0.25) is 10.0 Å². The molecular formula is C15H21Cl2NO2. The van der Waals surface area contributed by atoms with Crippen LogP contribution in [-0.4, -0.2) is 44.4 Å². The molecule has 0 N–H and O–H groups in total. The summed E-state index contributed by atoms with van der Waals surface area (Å²) in [5.41, 5.74) is 0.0784. The summed E-state index contributed by atoms with van der Waals surface area (Å²) in [6, 6.07) is 5.30. The zero-order chi connectivity index (χ0) is 14.6. The minimum Gasteiger partial charge on any atom is -0.491 e. The van der Waals surface area contributed by atoms with E-state index in [2.05, 4.69) is 18.7 Å². The topological polar surface area (TPSA) is 21.7 Å². The lowest BCUT2D eigenvalue weighted by atomic mass is 9.86. The van der Waals surface area contributed by atoms with Gasteiger partial charge < -0.3 is 14.4 Å². The third-order valence-electron chi connectivity index (χ3n) is 3.70. The first-order valence-electron chi connectivity index (χ1n) is 6.96. The van der Waals surface area contributed by atoms with E-state index in [1.807, 2.05) is 6.07 Å². The minimum atomic E-state index is 0.0784. The fourth-order valence-corrected chi connectivity index (χ4v) is 2.82. The first kappa shape index (κ1) is 15.9. The summed E-state index contributed by atoms with van der Waals surface area (Å²) in [5, 5.41) is 1.17. The highest BCUT2D eigenvalue weighted by atomic mass is 35.5. The summed E-state index contributed by atoms with van der Waals surface area (Å²) in [6.45, 7) is 9.53. The van der Waals surface area contributed by atoms with Gasteiger partial charge in [-0.3, -0.25) is 0 Å². The van der Waals surface area contributed by atoms with Crippen LogP contribution >= 0.6 is 23.2 Å². The molecule has 0 bridgehead atoms. The summed E-state index contributed by atoms with van der Waals surface area (Å²) >= 11 is 12.0. The number of nitrogens with zero attached hydrogens (tertiary/aromatic N) is 1. The Bertz CT molecular complexity index is 445. The van der Waals surface area contributed by atoms with E-state index >= 15 is 0 Å². The highest BCUT2D eigenvalue weighted by Crippen LogP contribution is 2.33. The Hall–Kier alpha value is -0.480. The molecule has 112 valence electrons. The van der Waals surface area contributed by atoms with Crippen molar-refractivity contribution in [2.75, 3.05) is 39.5 Å². The van der Waals surface area contributed by atoms with Crippen molar-refractivity contribution >= 4 is 23.2 Å². The van der Waals surface area contributed by atoms with Gasteiger partial charge in [0.2, 0.25) is 0 Å². The maximum absolute atomic E-state index is 6.13. The smallest absolute Gasteiger partial charge is 0.138 e. The fourth-order valence-electron chi connectivity index (χ4n) is 2.36. The van der Waals surface area contributed by atoms with Crippen molar-refractivity contribution < 1.29 is 9.47 Å². The van der Waals surface area contributed by atoms with Gasteiger partial charge in [0.15, 0.2) is 0 Å². The van der Waals surface area contributed by atoms with E-state index in [0.29, 0.717) is 22.4 Å². The van der Waals surface area contributed by atoms with Gasteiger partial charge in [-0.2, -0.15) is 0 Å². The Morgan fingerprint density at radius 2 is 1.95 bits per heavy atom. The molecule has 3 nitrogen and oxygen atoms in total. The summed E-state index contributed by atoms with van der Waals surface area (Å²) in [7, 11) is 0. The van der Waals surface area contributed by atoms with Crippen molar-refractivity contribution in [2.45, 2.75) is 13.8 Å². The van der Waals surface area contributed by atoms with Crippen molar-refractivity contribution in [3.63, 3.8) is 0 Å². The third-order valence-corrected chi connectivity index (χ3v) is 4.23. The first-order valence-corrected chi connectivity index (χ1v) is 7.72. The molecule has 0 amide bonds. The second kappa shape index (κ2) is 6.99. The van der Waals surface area contributed by atoms with Crippen LogP contribution in [-0.2, 0) is 4.74 Å².